The van der Waals surface area contributed by atoms with Gasteiger partial charge in [-0.3, -0.25) is 10.1 Å². The molecule has 0 saturated carbocycles. The van der Waals surface area contributed by atoms with E-state index in [9.17, 15) is 60.2 Å². The maximum Gasteiger partial charge on any atom is 0.338 e. The van der Waals surface area contributed by atoms with Crippen LogP contribution in [0.4, 0.5) is 5.69 Å². The number of benzene rings is 4. The number of ether oxygens (including phenoxy) is 4. The summed E-state index contributed by atoms with van der Waals surface area (Å²) in [5.74, 6) is -6.76. The van der Waals surface area contributed by atoms with Gasteiger partial charge in [0.15, 0.2) is 34.9 Å². The van der Waals surface area contributed by atoms with E-state index in [0.717, 1.165) is 18.2 Å². The first kappa shape index (κ1) is 40.6. The average Bonchev–Trinajstić information content (AvgIpc) is 3.17. The molecule has 2 aliphatic heterocycles. The van der Waals surface area contributed by atoms with Crippen molar-refractivity contribution >= 4 is 23.6 Å². The van der Waals surface area contributed by atoms with Crippen molar-refractivity contribution in [1.82, 2.24) is 5.32 Å². The summed E-state index contributed by atoms with van der Waals surface area (Å²) in [4.78, 5) is 48.3. The molecule has 2 heterocycles. The van der Waals surface area contributed by atoms with Gasteiger partial charge in [0.2, 0.25) is 0 Å². The van der Waals surface area contributed by atoms with E-state index in [1.54, 1.807) is 19.9 Å². The number of dihydropyridines is 1. The lowest BCUT2D eigenvalue weighted by Crippen LogP contribution is -2.34. The van der Waals surface area contributed by atoms with Crippen LogP contribution in [-0.2, 0) is 30.2 Å². The van der Waals surface area contributed by atoms with Crippen LogP contribution in [0.5, 0.6) is 46.0 Å². The molecule has 2 atom stereocenters. The summed E-state index contributed by atoms with van der Waals surface area (Å²) in [5, 5.41) is 82.6. The number of para-hydroxylation sites is 1. The van der Waals surface area contributed by atoms with Gasteiger partial charge in [-0.1, -0.05) is 24.3 Å². The number of fused-ring (bicyclic) bond motifs is 1. The van der Waals surface area contributed by atoms with E-state index in [-0.39, 0.29) is 62.9 Å². The Kier molecular flexibility index (Phi) is 11.7. The molecule has 18 nitrogen and oxygen atoms in total. The number of phenols is 7. The molecular weight excluding hydrogens is 752 g/mol. The summed E-state index contributed by atoms with van der Waals surface area (Å²) >= 11 is 0. The molecule has 0 saturated heterocycles. The lowest BCUT2D eigenvalue weighted by Gasteiger charge is -2.34. The molecule has 0 fully saturated rings. The first-order valence-corrected chi connectivity index (χ1v) is 16.7. The second-order valence-corrected chi connectivity index (χ2v) is 12.7. The third-order valence-corrected chi connectivity index (χ3v) is 9.07. The maximum absolute atomic E-state index is 12.7. The van der Waals surface area contributed by atoms with E-state index in [1.807, 2.05) is 0 Å². The number of allylic oxidation sites excluding steroid dienone is 2. The Morgan fingerprint density at radius 1 is 0.754 bits per heavy atom. The molecule has 57 heavy (non-hydrogen) atoms. The fourth-order valence-electron chi connectivity index (χ4n) is 6.44. The van der Waals surface area contributed by atoms with Gasteiger partial charge in [-0.05, 0) is 38.1 Å². The van der Waals surface area contributed by atoms with Crippen molar-refractivity contribution < 1.29 is 74.0 Å². The highest BCUT2D eigenvalue weighted by Gasteiger charge is 2.41. The van der Waals surface area contributed by atoms with Crippen LogP contribution in [0.1, 0.15) is 52.9 Å². The number of nitro groups is 1. The van der Waals surface area contributed by atoms with Gasteiger partial charge >= 0.3 is 17.9 Å². The Balaban J connectivity index is 0.000000225. The zero-order valence-corrected chi connectivity index (χ0v) is 30.5. The molecule has 4 aromatic carbocycles. The minimum atomic E-state index is -1.06. The van der Waals surface area contributed by atoms with Gasteiger partial charge in [0, 0.05) is 52.7 Å². The number of hydrogen-bond acceptors (Lipinski definition) is 17. The fourth-order valence-corrected chi connectivity index (χ4v) is 6.44. The topological polar surface area (TPSA) is 285 Å². The third-order valence-electron chi connectivity index (χ3n) is 9.07. The van der Waals surface area contributed by atoms with Crippen molar-refractivity contribution in [2.75, 3.05) is 14.2 Å². The van der Waals surface area contributed by atoms with Crippen LogP contribution in [0.15, 0.2) is 89.3 Å². The Morgan fingerprint density at radius 3 is 1.91 bits per heavy atom. The van der Waals surface area contributed by atoms with Gasteiger partial charge < -0.3 is 60.0 Å². The molecule has 0 spiro atoms. The number of carbonyl (C=O) groups is 3. The highest BCUT2D eigenvalue weighted by Crippen LogP contribution is 2.45. The van der Waals surface area contributed by atoms with Crippen LogP contribution in [-0.4, -0.2) is 78.9 Å². The Morgan fingerprint density at radius 2 is 1.35 bits per heavy atom. The van der Waals surface area contributed by atoms with Crippen LogP contribution in [0, 0.1) is 10.1 Å². The van der Waals surface area contributed by atoms with Crippen molar-refractivity contribution in [1.29, 1.82) is 0 Å². The number of phenolic OH excluding ortho intramolecular Hbond substituents is 7. The molecular formula is C39H36N2O16. The van der Waals surface area contributed by atoms with E-state index in [0.29, 0.717) is 17.0 Å². The Labute approximate surface area is 322 Å². The number of carbonyl (C=O) groups excluding carboxylic acids is 3. The minimum Gasteiger partial charge on any atom is -0.508 e. The van der Waals surface area contributed by atoms with Crippen LogP contribution >= 0.6 is 0 Å². The van der Waals surface area contributed by atoms with E-state index in [2.05, 4.69) is 5.32 Å². The normalized spacial score (nSPS) is 16.2. The Bertz CT molecular complexity index is 2290. The smallest absolute Gasteiger partial charge is 0.338 e. The van der Waals surface area contributed by atoms with Gasteiger partial charge in [0.25, 0.3) is 5.69 Å². The number of rotatable bonds is 7. The summed E-state index contributed by atoms with van der Waals surface area (Å²) in [6.45, 7) is 3.29. The predicted octanol–water partition coefficient (Wildman–Crippen LogP) is 4.70. The summed E-state index contributed by atoms with van der Waals surface area (Å²) in [7, 11) is 2.42. The number of methoxy groups -OCH3 is 2. The first-order chi connectivity index (χ1) is 27.0. The van der Waals surface area contributed by atoms with Crippen LogP contribution in [0.25, 0.3) is 0 Å². The number of hydrogen-bond donors (Lipinski definition) is 8. The molecule has 0 radical (unpaired) electrons. The zero-order chi connectivity index (χ0) is 41.9. The highest BCUT2D eigenvalue weighted by molar-refractivity contribution is 6.00. The largest absolute Gasteiger partial charge is 0.508 e. The summed E-state index contributed by atoms with van der Waals surface area (Å²) in [6.07, 6.45) is -2.12. The number of esters is 3. The molecule has 6 rings (SSSR count). The molecule has 8 N–H and O–H groups in total. The van der Waals surface area contributed by atoms with Crippen LogP contribution < -0.4 is 10.1 Å². The minimum absolute atomic E-state index is 0.0461. The van der Waals surface area contributed by atoms with Crippen LogP contribution in [0.2, 0.25) is 0 Å². The first-order valence-electron chi connectivity index (χ1n) is 16.7. The fraction of sp³-hybridized carbons (Fsp3) is 0.205. The molecule has 298 valence electrons. The quantitative estimate of drug-likeness (QED) is 0.0414. The molecule has 0 aromatic heterocycles. The maximum atomic E-state index is 12.7. The number of nitrogens with one attached hydrogen (secondary N) is 1. The molecule has 2 unspecified atom stereocenters. The zero-order valence-electron chi connectivity index (χ0n) is 30.5. The molecule has 0 aliphatic carbocycles. The van der Waals surface area contributed by atoms with Gasteiger partial charge in [-0.15, -0.1) is 0 Å². The summed E-state index contributed by atoms with van der Waals surface area (Å²) in [5.41, 5.74) is 1.52. The molecule has 4 aromatic rings. The number of aromatic hydroxyl groups is 7. The van der Waals surface area contributed by atoms with Gasteiger partial charge in [0.1, 0.15) is 23.4 Å². The van der Waals surface area contributed by atoms with E-state index in [1.165, 1.54) is 56.7 Å². The van der Waals surface area contributed by atoms with Crippen molar-refractivity contribution in [3.8, 4) is 46.0 Å². The van der Waals surface area contributed by atoms with Crippen molar-refractivity contribution in [3.63, 3.8) is 0 Å². The standard InChI is InChI=1S/C22H18O10.C17H18N2O6/c23-11-6-14(25)12-8-19(32-22(30)10-4-16(27)20(29)17(28)5-10)21(31-18(12)7-11)9-1-2-13(24)15(26)3-9;1-9-13(16(20)24-3)15(14(10(2)18-9)17(21)25-4)11-7-5-6-8-12(11)19(22)23/h1-7,19,21,23-29H,8H2;5-8,15,18H,1-4H3. The molecule has 18 heteroatoms. The molecule has 2 aliphatic rings. The monoisotopic (exact) mass is 788 g/mol. The second-order valence-electron chi connectivity index (χ2n) is 12.7. The van der Waals surface area contributed by atoms with E-state index >= 15 is 0 Å². The summed E-state index contributed by atoms with van der Waals surface area (Å²) in [6, 6.07) is 14.0. The van der Waals surface area contributed by atoms with E-state index < -0.39 is 64.0 Å². The van der Waals surface area contributed by atoms with Crippen molar-refractivity contribution in [2.45, 2.75) is 38.4 Å². The number of nitro benzene ring substituents is 1. The second kappa shape index (κ2) is 16.4. The van der Waals surface area contributed by atoms with Gasteiger partial charge in [-0.25, -0.2) is 14.4 Å². The van der Waals surface area contributed by atoms with Gasteiger partial charge in [-0.2, -0.15) is 0 Å². The summed E-state index contributed by atoms with van der Waals surface area (Å²) < 4.78 is 21.0. The third kappa shape index (κ3) is 8.24. The lowest BCUT2D eigenvalue weighted by atomic mass is 9.79. The Hall–Kier alpha value is -7.63. The van der Waals surface area contributed by atoms with Gasteiger partial charge in [0.05, 0.1) is 41.8 Å². The number of nitrogens with zero attached hydrogens (tertiary/aromatic N) is 1. The van der Waals surface area contributed by atoms with Crippen molar-refractivity contribution in [3.05, 3.63) is 122 Å². The lowest BCUT2D eigenvalue weighted by molar-refractivity contribution is -0.385. The predicted molar refractivity (Wildman–Crippen MR) is 196 cm³/mol. The van der Waals surface area contributed by atoms with E-state index in [4.69, 9.17) is 18.9 Å². The average molecular weight is 789 g/mol. The van der Waals surface area contributed by atoms with Crippen molar-refractivity contribution in [2.24, 2.45) is 0 Å². The molecule has 0 bridgehead atoms. The highest BCUT2D eigenvalue weighted by atomic mass is 16.6. The van der Waals surface area contributed by atoms with Crippen LogP contribution in [0.3, 0.4) is 0 Å². The molecule has 0 amide bonds. The SMILES string of the molecule is COC(=O)C1=C(C)NC(C)=C(C(=O)OC)C1c1ccccc1[N+](=O)[O-].O=C(OC1Cc2c(O)cc(O)cc2OC1c1ccc(O)c(O)c1)c1cc(O)c(O)c(O)c1.